The van der Waals surface area contributed by atoms with Gasteiger partial charge in [-0.2, -0.15) is 0 Å². The molecule has 0 radical (unpaired) electrons. The van der Waals surface area contributed by atoms with Crippen LogP contribution in [-0.2, 0) is 4.74 Å². The lowest BCUT2D eigenvalue weighted by Crippen LogP contribution is -2.30. The van der Waals surface area contributed by atoms with E-state index in [0.29, 0.717) is 0 Å². The molecule has 1 rings (SSSR count). The van der Waals surface area contributed by atoms with E-state index in [0.717, 1.165) is 25.6 Å². The van der Waals surface area contributed by atoms with Gasteiger partial charge in [0.15, 0.2) is 0 Å². The molecule has 0 aromatic heterocycles. The van der Waals surface area contributed by atoms with E-state index in [-0.39, 0.29) is 0 Å². The number of likely N-dealkylation sites (tertiary alicyclic amines) is 1. The van der Waals surface area contributed by atoms with Crippen molar-refractivity contribution in [3.63, 3.8) is 0 Å². The van der Waals surface area contributed by atoms with Crippen LogP contribution in [0.25, 0.3) is 0 Å². The summed E-state index contributed by atoms with van der Waals surface area (Å²) in [5.74, 6) is 0.770. The van der Waals surface area contributed by atoms with Gasteiger partial charge >= 0.3 is 0 Å². The Morgan fingerprint density at radius 2 is 2.38 bits per heavy atom. The Bertz CT molecular complexity index is 130. The van der Waals surface area contributed by atoms with Gasteiger partial charge in [-0.1, -0.05) is 6.92 Å². The van der Waals surface area contributed by atoms with Gasteiger partial charge in [-0.15, -0.1) is 0 Å². The summed E-state index contributed by atoms with van der Waals surface area (Å²) in [5.41, 5.74) is 0. The fourth-order valence-corrected chi connectivity index (χ4v) is 1.90. The van der Waals surface area contributed by atoms with Crippen molar-refractivity contribution >= 4 is 0 Å². The smallest absolute Gasteiger partial charge is 0.0503 e. The molecule has 1 atom stereocenters. The summed E-state index contributed by atoms with van der Waals surface area (Å²) in [6.45, 7) is 8.94. The zero-order valence-electron chi connectivity index (χ0n) is 8.88. The fourth-order valence-electron chi connectivity index (χ4n) is 1.90. The lowest BCUT2D eigenvalue weighted by Gasteiger charge is -2.15. The molecule has 1 heterocycles. The zero-order valence-corrected chi connectivity index (χ0v) is 8.88. The van der Waals surface area contributed by atoms with Gasteiger partial charge in [0.2, 0.25) is 0 Å². The second kappa shape index (κ2) is 6.35. The number of nitrogens with zero attached hydrogens (tertiary/aromatic N) is 1. The first-order chi connectivity index (χ1) is 6.36. The lowest BCUT2D eigenvalue weighted by atomic mass is 10.1. The third-order valence-corrected chi connectivity index (χ3v) is 2.63. The van der Waals surface area contributed by atoms with Gasteiger partial charge in [0, 0.05) is 26.7 Å². The first kappa shape index (κ1) is 11.0. The summed E-state index contributed by atoms with van der Waals surface area (Å²) in [6.07, 6.45) is 1.31. The highest BCUT2D eigenvalue weighted by Crippen LogP contribution is 2.15. The molecule has 3 heteroatoms. The molecular weight excluding hydrogens is 164 g/mol. The number of hydrogen-bond donors (Lipinski definition) is 1. The van der Waals surface area contributed by atoms with Crippen molar-refractivity contribution in [3.8, 4) is 0 Å². The maximum atomic E-state index is 5.16. The van der Waals surface area contributed by atoms with Crippen molar-refractivity contribution in [2.24, 2.45) is 5.92 Å². The van der Waals surface area contributed by atoms with Crippen molar-refractivity contribution in [1.29, 1.82) is 0 Å². The van der Waals surface area contributed by atoms with Crippen LogP contribution in [0.5, 0.6) is 0 Å². The first-order valence-electron chi connectivity index (χ1n) is 5.28. The van der Waals surface area contributed by atoms with E-state index >= 15 is 0 Å². The van der Waals surface area contributed by atoms with Crippen LogP contribution in [0.4, 0.5) is 0 Å². The average molecular weight is 186 g/mol. The van der Waals surface area contributed by atoms with Crippen molar-refractivity contribution in [2.45, 2.75) is 13.3 Å². The Morgan fingerprint density at radius 3 is 3.08 bits per heavy atom. The SMILES string of the molecule is CCNCCN1CCC(COC)C1. The standard InChI is InChI=1S/C10H22N2O/c1-3-11-5-7-12-6-4-10(8-12)9-13-2/h10-11H,3-9H2,1-2H3. The van der Waals surface area contributed by atoms with Crippen molar-refractivity contribution in [2.75, 3.05) is 46.4 Å². The minimum atomic E-state index is 0.770. The summed E-state index contributed by atoms with van der Waals surface area (Å²) in [4.78, 5) is 2.52. The second-order valence-electron chi connectivity index (χ2n) is 3.76. The van der Waals surface area contributed by atoms with Crippen LogP contribution in [0.3, 0.4) is 0 Å². The Hall–Kier alpha value is -0.120. The van der Waals surface area contributed by atoms with Gasteiger partial charge in [0.25, 0.3) is 0 Å². The van der Waals surface area contributed by atoms with Crippen LogP contribution in [-0.4, -0.2) is 51.3 Å². The molecule has 1 saturated heterocycles. The van der Waals surface area contributed by atoms with Gasteiger partial charge in [0.05, 0.1) is 6.61 Å². The molecule has 0 aliphatic carbocycles. The topological polar surface area (TPSA) is 24.5 Å². The molecule has 1 aliphatic rings. The van der Waals surface area contributed by atoms with E-state index in [1.807, 2.05) is 0 Å². The maximum absolute atomic E-state index is 5.16. The number of likely N-dealkylation sites (N-methyl/N-ethyl adjacent to an activating group) is 1. The molecule has 0 aromatic rings. The van der Waals surface area contributed by atoms with Gasteiger partial charge < -0.3 is 15.0 Å². The summed E-state index contributed by atoms with van der Waals surface area (Å²) >= 11 is 0. The highest BCUT2D eigenvalue weighted by Gasteiger charge is 2.21. The average Bonchev–Trinajstić information content (AvgIpc) is 2.54. The molecule has 78 valence electrons. The number of ether oxygens (including phenoxy) is 1. The van der Waals surface area contributed by atoms with Gasteiger partial charge in [-0.25, -0.2) is 0 Å². The van der Waals surface area contributed by atoms with Crippen molar-refractivity contribution < 1.29 is 4.74 Å². The Kier molecular flexibility index (Phi) is 5.35. The molecule has 1 fully saturated rings. The molecule has 0 spiro atoms. The summed E-state index contributed by atoms with van der Waals surface area (Å²) in [7, 11) is 1.79. The number of methoxy groups -OCH3 is 1. The van der Waals surface area contributed by atoms with Gasteiger partial charge in [0.1, 0.15) is 0 Å². The maximum Gasteiger partial charge on any atom is 0.0503 e. The molecule has 1 unspecified atom stereocenters. The van der Waals surface area contributed by atoms with E-state index in [9.17, 15) is 0 Å². The van der Waals surface area contributed by atoms with E-state index in [1.165, 1.54) is 26.1 Å². The molecule has 1 aliphatic heterocycles. The molecular formula is C10H22N2O. The van der Waals surface area contributed by atoms with Crippen molar-refractivity contribution in [3.05, 3.63) is 0 Å². The number of hydrogen-bond acceptors (Lipinski definition) is 3. The van der Waals surface area contributed by atoms with Crippen LogP contribution in [0, 0.1) is 5.92 Å². The molecule has 1 N–H and O–H groups in total. The summed E-state index contributed by atoms with van der Waals surface area (Å²) < 4.78 is 5.16. The highest BCUT2D eigenvalue weighted by molar-refractivity contribution is 4.75. The molecule has 0 bridgehead atoms. The molecule has 13 heavy (non-hydrogen) atoms. The van der Waals surface area contributed by atoms with Crippen molar-refractivity contribution in [1.82, 2.24) is 10.2 Å². The first-order valence-corrected chi connectivity index (χ1v) is 5.28. The predicted molar refractivity (Wildman–Crippen MR) is 55.0 cm³/mol. The Balaban J connectivity index is 2.03. The van der Waals surface area contributed by atoms with E-state index in [1.54, 1.807) is 7.11 Å². The van der Waals surface area contributed by atoms with Crippen LogP contribution in [0.1, 0.15) is 13.3 Å². The largest absolute Gasteiger partial charge is 0.384 e. The fraction of sp³-hybridized carbons (Fsp3) is 1.00. The van der Waals surface area contributed by atoms with Crippen LogP contribution in [0.2, 0.25) is 0 Å². The van der Waals surface area contributed by atoms with Crippen LogP contribution >= 0.6 is 0 Å². The van der Waals surface area contributed by atoms with Gasteiger partial charge in [-0.3, -0.25) is 0 Å². The summed E-state index contributed by atoms with van der Waals surface area (Å²) in [6, 6.07) is 0. The van der Waals surface area contributed by atoms with Gasteiger partial charge in [-0.05, 0) is 25.4 Å². The Morgan fingerprint density at radius 1 is 1.54 bits per heavy atom. The normalized spacial score (nSPS) is 24.0. The van der Waals surface area contributed by atoms with E-state index in [2.05, 4.69) is 17.1 Å². The minimum absolute atomic E-state index is 0.770. The molecule has 0 aromatic carbocycles. The number of nitrogens with one attached hydrogen (secondary N) is 1. The molecule has 0 amide bonds. The second-order valence-corrected chi connectivity index (χ2v) is 3.76. The highest BCUT2D eigenvalue weighted by atomic mass is 16.5. The predicted octanol–water partition coefficient (Wildman–Crippen LogP) is 0.564. The minimum Gasteiger partial charge on any atom is -0.384 e. The van der Waals surface area contributed by atoms with Crippen LogP contribution in [0.15, 0.2) is 0 Å². The van der Waals surface area contributed by atoms with E-state index in [4.69, 9.17) is 4.74 Å². The Labute approximate surface area is 81.4 Å². The van der Waals surface area contributed by atoms with Crippen LogP contribution < -0.4 is 5.32 Å². The third-order valence-electron chi connectivity index (χ3n) is 2.63. The third kappa shape index (κ3) is 4.07. The lowest BCUT2D eigenvalue weighted by molar-refractivity contribution is 0.153. The van der Waals surface area contributed by atoms with E-state index < -0.39 is 0 Å². The monoisotopic (exact) mass is 186 g/mol. The number of rotatable bonds is 6. The molecule has 0 saturated carbocycles. The quantitative estimate of drug-likeness (QED) is 0.614. The summed E-state index contributed by atoms with van der Waals surface area (Å²) in [5, 5.41) is 3.35. The zero-order chi connectivity index (χ0) is 9.52. The molecule has 3 nitrogen and oxygen atoms in total.